The molecule has 0 bridgehead atoms. The van der Waals surface area contributed by atoms with Gasteiger partial charge in [-0.1, -0.05) is 0 Å². The molecule has 0 amide bonds. The van der Waals surface area contributed by atoms with Crippen LogP contribution >= 0.6 is 0 Å². The van der Waals surface area contributed by atoms with Crippen LogP contribution in [-0.2, 0) is 0 Å². The Morgan fingerprint density at radius 2 is 2.33 bits per heavy atom. The molecule has 0 aliphatic carbocycles. The van der Waals surface area contributed by atoms with Gasteiger partial charge in [0, 0.05) is 11.6 Å². The van der Waals surface area contributed by atoms with Gasteiger partial charge < -0.3 is 15.2 Å². The maximum absolute atomic E-state index is 11.9. The Balaban J connectivity index is 2.09. The molecule has 0 saturated carbocycles. The van der Waals surface area contributed by atoms with Crippen molar-refractivity contribution >= 4 is 0 Å². The third-order valence-electron chi connectivity index (χ3n) is 2.18. The van der Waals surface area contributed by atoms with Crippen molar-refractivity contribution in [1.82, 2.24) is 0 Å². The second-order valence-corrected chi connectivity index (χ2v) is 3.32. The maximum atomic E-state index is 11.9. The number of alkyl halides is 2. The highest BCUT2D eigenvalue weighted by Crippen LogP contribution is 2.33. The Hall–Kier alpha value is -1.36. The molecule has 82 valence electrons. The highest BCUT2D eigenvalue weighted by Gasteiger charge is 2.20. The van der Waals surface area contributed by atoms with Crippen LogP contribution in [0.4, 0.5) is 8.78 Å². The molecule has 0 radical (unpaired) electrons. The first-order valence-electron chi connectivity index (χ1n) is 4.60. The summed E-state index contributed by atoms with van der Waals surface area (Å²) < 4.78 is 33.9. The van der Waals surface area contributed by atoms with E-state index >= 15 is 0 Å². The van der Waals surface area contributed by atoms with E-state index in [0.717, 1.165) is 5.56 Å². The molecular weight excluding hydrogens is 204 g/mol. The first-order valence-corrected chi connectivity index (χ1v) is 4.60. The fourth-order valence-corrected chi connectivity index (χ4v) is 1.46. The number of fused-ring (bicyclic) bond motifs is 1. The van der Waals surface area contributed by atoms with Crippen LogP contribution in [0, 0.1) is 0 Å². The molecule has 3 nitrogen and oxygen atoms in total. The summed E-state index contributed by atoms with van der Waals surface area (Å²) in [5, 5.41) is 0. The molecule has 1 unspecified atom stereocenters. The van der Waals surface area contributed by atoms with Gasteiger partial charge in [0.2, 0.25) is 0 Å². The lowest BCUT2D eigenvalue weighted by molar-refractivity contribution is 0.0818. The second kappa shape index (κ2) is 4.02. The number of halogens is 2. The van der Waals surface area contributed by atoms with Crippen molar-refractivity contribution in [3.8, 4) is 11.5 Å². The third kappa shape index (κ3) is 2.18. The molecule has 0 saturated heterocycles. The number of rotatable bonds is 3. The molecule has 2 N–H and O–H groups in total. The minimum Gasteiger partial charge on any atom is -0.491 e. The maximum Gasteiger partial charge on any atom is 0.272 e. The van der Waals surface area contributed by atoms with Crippen LogP contribution in [0.15, 0.2) is 18.2 Å². The Bertz CT molecular complexity index is 357. The minimum atomic E-state index is -2.47. The average Bonchev–Trinajstić information content (AvgIpc) is 2.57. The van der Waals surface area contributed by atoms with Crippen molar-refractivity contribution in [2.45, 2.75) is 12.5 Å². The van der Waals surface area contributed by atoms with Crippen LogP contribution in [0.1, 0.15) is 11.6 Å². The van der Waals surface area contributed by atoms with Crippen molar-refractivity contribution in [3.05, 3.63) is 23.8 Å². The van der Waals surface area contributed by atoms with Gasteiger partial charge in [-0.25, -0.2) is 8.78 Å². The Labute approximate surface area is 85.8 Å². The summed E-state index contributed by atoms with van der Waals surface area (Å²) in [5.41, 5.74) is 6.62. The summed E-state index contributed by atoms with van der Waals surface area (Å²) >= 11 is 0. The van der Waals surface area contributed by atoms with Crippen molar-refractivity contribution < 1.29 is 18.3 Å². The van der Waals surface area contributed by atoms with E-state index in [2.05, 4.69) is 0 Å². The van der Waals surface area contributed by atoms with Crippen molar-refractivity contribution in [3.63, 3.8) is 0 Å². The number of benzene rings is 1. The second-order valence-electron chi connectivity index (χ2n) is 3.32. The topological polar surface area (TPSA) is 44.5 Å². The fraction of sp³-hybridized carbons (Fsp3) is 0.400. The van der Waals surface area contributed by atoms with Gasteiger partial charge in [-0.3, -0.25) is 0 Å². The van der Waals surface area contributed by atoms with Gasteiger partial charge in [0.25, 0.3) is 6.43 Å². The molecule has 15 heavy (non-hydrogen) atoms. The predicted octanol–water partition coefficient (Wildman–Crippen LogP) is 1.72. The molecule has 1 atom stereocenters. The standard InChI is InChI=1S/C10H11F2NO2/c11-10(12)5-14-6-1-2-7-8(13)4-15-9(7)3-6/h1-3,8,10H,4-5,13H2. The molecule has 0 aromatic heterocycles. The van der Waals surface area contributed by atoms with Crippen LogP contribution in [0.2, 0.25) is 0 Å². The number of hydrogen-bond donors (Lipinski definition) is 1. The molecule has 2 rings (SSSR count). The molecule has 5 heteroatoms. The van der Waals surface area contributed by atoms with E-state index < -0.39 is 13.0 Å². The van der Waals surface area contributed by atoms with Crippen LogP contribution in [0.5, 0.6) is 11.5 Å². The Morgan fingerprint density at radius 3 is 3.07 bits per heavy atom. The van der Waals surface area contributed by atoms with Crippen molar-refractivity contribution in [2.24, 2.45) is 5.73 Å². The summed E-state index contributed by atoms with van der Waals surface area (Å²) in [6.07, 6.45) is -2.47. The molecule has 1 aliphatic rings. The van der Waals surface area contributed by atoms with Crippen LogP contribution in [-0.4, -0.2) is 19.6 Å². The number of hydrogen-bond acceptors (Lipinski definition) is 3. The summed E-state index contributed by atoms with van der Waals surface area (Å²) in [7, 11) is 0. The third-order valence-corrected chi connectivity index (χ3v) is 2.18. The largest absolute Gasteiger partial charge is 0.491 e. The molecule has 0 spiro atoms. The zero-order valence-corrected chi connectivity index (χ0v) is 7.95. The summed E-state index contributed by atoms with van der Waals surface area (Å²) in [4.78, 5) is 0. The monoisotopic (exact) mass is 215 g/mol. The number of nitrogens with two attached hydrogens (primary N) is 1. The van der Waals surface area contributed by atoms with Crippen LogP contribution in [0.3, 0.4) is 0 Å². The van der Waals surface area contributed by atoms with Gasteiger partial charge in [0.15, 0.2) is 0 Å². The van der Waals surface area contributed by atoms with Gasteiger partial charge >= 0.3 is 0 Å². The van der Waals surface area contributed by atoms with E-state index in [-0.39, 0.29) is 6.04 Å². The predicted molar refractivity (Wildman–Crippen MR) is 50.4 cm³/mol. The quantitative estimate of drug-likeness (QED) is 0.835. The van der Waals surface area contributed by atoms with E-state index in [9.17, 15) is 8.78 Å². The van der Waals surface area contributed by atoms with E-state index in [1.165, 1.54) is 0 Å². The molecule has 1 aromatic carbocycles. The van der Waals surface area contributed by atoms with Gasteiger partial charge in [-0.05, 0) is 12.1 Å². The molecule has 1 aromatic rings. The smallest absolute Gasteiger partial charge is 0.272 e. The SMILES string of the molecule is NC1COc2cc(OCC(F)F)ccc21. The molecular formula is C10H11F2NO2. The van der Waals surface area contributed by atoms with E-state index in [1.807, 2.05) is 0 Å². The normalized spacial score (nSPS) is 18.8. The van der Waals surface area contributed by atoms with Gasteiger partial charge in [-0.15, -0.1) is 0 Å². The molecule has 1 aliphatic heterocycles. The van der Waals surface area contributed by atoms with Crippen LogP contribution in [0.25, 0.3) is 0 Å². The lowest BCUT2D eigenvalue weighted by atomic mass is 10.1. The van der Waals surface area contributed by atoms with Gasteiger partial charge in [0.1, 0.15) is 24.7 Å². The van der Waals surface area contributed by atoms with E-state index in [1.54, 1.807) is 18.2 Å². The van der Waals surface area contributed by atoms with Gasteiger partial charge in [-0.2, -0.15) is 0 Å². The zero-order chi connectivity index (χ0) is 10.8. The van der Waals surface area contributed by atoms with E-state index in [0.29, 0.717) is 18.1 Å². The van der Waals surface area contributed by atoms with Gasteiger partial charge in [0.05, 0.1) is 6.04 Å². The summed E-state index contributed by atoms with van der Waals surface area (Å²) in [6, 6.07) is 4.82. The van der Waals surface area contributed by atoms with Crippen molar-refractivity contribution in [1.29, 1.82) is 0 Å². The lowest BCUT2D eigenvalue weighted by Gasteiger charge is -2.07. The highest BCUT2D eigenvalue weighted by atomic mass is 19.3. The van der Waals surface area contributed by atoms with Crippen LogP contribution < -0.4 is 15.2 Å². The minimum absolute atomic E-state index is 0.135. The zero-order valence-electron chi connectivity index (χ0n) is 7.95. The first-order chi connectivity index (χ1) is 7.16. The number of ether oxygens (including phenoxy) is 2. The van der Waals surface area contributed by atoms with Crippen molar-refractivity contribution in [2.75, 3.05) is 13.2 Å². The first kappa shape index (κ1) is 10.2. The molecule has 0 fully saturated rings. The average molecular weight is 215 g/mol. The highest BCUT2D eigenvalue weighted by molar-refractivity contribution is 5.44. The summed E-state index contributed by atoms with van der Waals surface area (Å²) in [5.74, 6) is 0.998. The summed E-state index contributed by atoms with van der Waals surface area (Å²) in [6.45, 7) is -0.182. The fourth-order valence-electron chi connectivity index (χ4n) is 1.46. The Kier molecular flexibility index (Phi) is 2.73. The lowest BCUT2D eigenvalue weighted by Crippen LogP contribution is -2.10. The van der Waals surface area contributed by atoms with E-state index in [4.69, 9.17) is 15.2 Å². The molecule has 1 heterocycles. The Morgan fingerprint density at radius 1 is 1.53 bits per heavy atom.